The smallest absolute Gasteiger partial charge is 0.306 e. The van der Waals surface area contributed by atoms with E-state index in [1.54, 1.807) is 16.7 Å². The lowest BCUT2D eigenvalue weighted by Gasteiger charge is -2.21. The molecule has 0 atom stereocenters. The first kappa shape index (κ1) is 10.6. The zero-order valence-corrected chi connectivity index (χ0v) is 8.92. The van der Waals surface area contributed by atoms with Gasteiger partial charge in [0.25, 0.3) is 0 Å². The SMILES string of the molecule is C=Cc1[nH]c(=O)n(C(C)(C)C)c1C=C. The molecule has 0 spiro atoms. The number of imidazole rings is 1. The molecule has 1 aromatic heterocycles. The lowest BCUT2D eigenvalue weighted by molar-refractivity contribution is 0.383. The summed E-state index contributed by atoms with van der Waals surface area (Å²) in [7, 11) is 0. The summed E-state index contributed by atoms with van der Waals surface area (Å²) in [6.07, 6.45) is 3.29. The van der Waals surface area contributed by atoms with Gasteiger partial charge in [0.15, 0.2) is 0 Å². The first-order valence-electron chi connectivity index (χ1n) is 4.52. The van der Waals surface area contributed by atoms with Crippen LogP contribution in [0.15, 0.2) is 18.0 Å². The van der Waals surface area contributed by atoms with Gasteiger partial charge in [0, 0.05) is 5.54 Å². The molecule has 1 aromatic rings. The van der Waals surface area contributed by atoms with Crippen LogP contribution >= 0.6 is 0 Å². The molecular formula is C11H16N2O. The van der Waals surface area contributed by atoms with Crippen LogP contribution < -0.4 is 5.69 Å². The van der Waals surface area contributed by atoms with Crippen LogP contribution in [-0.4, -0.2) is 9.55 Å². The monoisotopic (exact) mass is 192 g/mol. The van der Waals surface area contributed by atoms with E-state index in [4.69, 9.17) is 0 Å². The van der Waals surface area contributed by atoms with Crippen LogP contribution in [0.5, 0.6) is 0 Å². The van der Waals surface area contributed by atoms with Crippen molar-refractivity contribution >= 4 is 12.2 Å². The molecule has 0 saturated heterocycles. The maximum atomic E-state index is 11.6. The summed E-state index contributed by atoms with van der Waals surface area (Å²) in [6, 6.07) is 0. The topological polar surface area (TPSA) is 37.8 Å². The molecule has 0 saturated carbocycles. The Kier molecular flexibility index (Phi) is 2.51. The molecule has 76 valence electrons. The molecule has 0 bridgehead atoms. The van der Waals surface area contributed by atoms with Gasteiger partial charge in [-0.1, -0.05) is 13.2 Å². The van der Waals surface area contributed by atoms with Gasteiger partial charge in [-0.15, -0.1) is 0 Å². The van der Waals surface area contributed by atoms with Crippen LogP contribution in [0.4, 0.5) is 0 Å². The molecule has 1 N–H and O–H groups in total. The van der Waals surface area contributed by atoms with Gasteiger partial charge < -0.3 is 4.98 Å². The Hall–Kier alpha value is -1.51. The average molecular weight is 192 g/mol. The molecule has 0 unspecified atom stereocenters. The summed E-state index contributed by atoms with van der Waals surface area (Å²) in [6.45, 7) is 13.3. The molecule has 3 nitrogen and oxygen atoms in total. The predicted octanol–water partition coefficient (Wildman–Crippen LogP) is 2.22. The molecule has 0 radical (unpaired) electrons. The number of aromatic nitrogens is 2. The standard InChI is InChI=1S/C11H16N2O/c1-6-8-9(7-2)13(10(14)12-8)11(3,4)5/h6-7H,1-2H2,3-5H3,(H,12,14). The molecular weight excluding hydrogens is 176 g/mol. The third-order valence-corrected chi connectivity index (χ3v) is 2.03. The van der Waals surface area contributed by atoms with Crippen molar-refractivity contribution in [3.05, 3.63) is 35.0 Å². The largest absolute Gasteiger partial charge is 0.326 e. The molecule has 0 amide bonds. The Morgan fingerprint density at radius 2 is 1.86 bits per heavy atom. The number of H-pyrrole nitrogens is 1. The van der Waals surface area contributed by atoms with Gasteiger partial charge >= 0.3 is 5.69 Å². The minimum Gasteiger partial charge on any atom is -0.306 e. The number of rotatable bonds is 2. The van der Waals surface area contributed by atoms with E-state index in [0.29, 0.717) is 0 Å². The molecule has 14 heavy (non-hydrogen) atoms. The Labute approximate surface area is 83.8 Å². The summed E-state index contributed by atoms with van der Waals surface area (Å²) < 4.78 is 1.68. The van der Waals surface area contributed by atoms with Crippen LogP contribution in [-0.2, 0) is 5.54 Å². The van der Waals surface area contributed by atoms with Gasteiger partial charge in [-0.2, -0.15) is 0 Å². The minimum atomic E-state index is -0.252. The van der Waals surface area contributed by atoms with E-state index in [2.05, 4.69) is 18.1 Å². The van der Waals surface area contributed by atoms with E-state index in [-0.39, 0.29) is 11.2 Å². The van der Waals surface area contributed by atoms with E-state index < -0.39 is 0 Å². The van der Waals surface area contributed by atoms with Crippen molar-refractivity contribution in [2.75, 3.05) is 0 Å². The highest BCUT2D eigenvalue weighted by Gasteiger charge is 2.20. The van der Waals surface area contributed by atoms with Crippen LogP contribution in [0.1, 0.15) is 32.2 Å². The van der Waals surface area contributed by atoms with Crippen LogP contribution in [0.2, 0.25) is 0 Å². The van der Waals surface area contributed by atoms with Gasteiger partial charge in [-0.25, -0.2) is 4.79 Å². The second-order valence-electron chi connectivity index (χ2n) is 4.14. The lowest BCUT2D eigenvalue weighted by Crippen LogP contribution is -2.32. The number of nitrogens with one attached hydrogen (secondary N) is 1. The van der Waals surface area contributed by atoms with Crippen molar-refractivity contribution in [3.8, 4) is 0 Å². The quantitative estimate of drug-likeness (QED) is 0.766. The first-order valence-corrected chi connectivity index (χ1v) is 4.52. The minimum absolute atomic E-state index is 0.123. The fraction of sp³-hybridized carbons (Fsp3) is 0.364. The van der Waals surface area contributed by atoms with Gasteiger partial charge in [0.2, 0.25) is 0 Å². The normalized spacial score (nSPS) is 11.4. The first-order chi connectivity index (χ1) is 6.41. The molecule has 0 aromatic carbocycles. The third-order valence-electron chi connectivity index (χ3n) is 2.03. The van der Waals surface area contributed by atoms with Crippen LogP contribution in [0.3, 0.4) is 0 Å². The van der Waals surface area contributed by atoms with Gasteiger partial charge in [0.1, 0.15) is 0 Å². The fourth-order valence-corrected chi connectivity index (χ4v) is 1.49. The van der Waals surface area contributed by atoms with E-state index in [1.165, 1.54) is 0 Å². The zero-order chi connectivity index (χ0) is 10.9. The van der Waals surface area contributed by atoms with Gasteiger partial charge in [-0.05, 0) is 32.9 Å². The summed E-state index contributed by atoms with van der Waals surface area (Å²) in [5.74, 6) is 0. The summed E-state index contributed by atoms with van der Waals surface area (Å²) in [4.78, 5) is 14.4. The molecule has 1 heterocycles. The fourth-order valence-electron chi connectivity index (χ4n) is 1.49. The van der Waals surface area contributed by atoms with E-state index in [9.17, 15) is 4.79 Å². The molecule has 0 aliphatic carbocycles. The van der Waals surface area contributed by atoms with Crippen molar-refractivity contribution in [1.29, 1.82) is 0 Å². The summed E-state index contributed by atoms with van der Waals surface area (Å²) >= 11 is 0. The highest BCUT2D eigenvalue weighted by atomic mass is 16.1. The van der Waals surface area contributed by atoms with Crippen LogP contribution in [0, 0.1) is 0 Å². The Morgan fingerprint density at radius 1 is 1.29 bits per heavy atom. The summed E-state index contributed by atoms with van der Waals surface area (Å²) in [5.41, 5.74) is 1.14. The Bertz CT molecular complexity index is 415. The highest BCUT2D eigenvalue weighted by Crippen LogP contribution is 2.17. The van der Waals surface area contributed by atoms with Gasteiger partial charge in [-0.3, -0.25) is 4.57 Å². The second kappa shape index (κ2) is 3.33. The Morgan fingerprint density at radius 3 is 2.21 bits per heavy atom. The molecule has 0 aliphatic heterocycles. The number of nitrogens with zero attached hydrogens (tertiary/aromatic N) is 1. The number of hydrogen-bond donors (Lipinski definition) is 1. The molecule has 3 heteroatoms. The lowest BCUT2D eigenvalue weighted by atomic mass is 10.1. The zero-order valence-electron chi connectivity index (χ0n) is 8.92. The van der Waals surface area contributed by atoms with Crippen molar-refractivity contribution in [2.45, 2.75) is 26.3 Å². The van der Waals surface area contributed by atoms with Crippen molar-refractivity contribution < 1.29 is 0 Å². The highest BCUT2D eigenvalue weighted by molar-refractivity contribution is 5.58. The Balaban J connectivity index is 3.57. The maximum Gasteiger partial charge on any atom is 0.326 e. The molecule has 0 fully saturated rings. The number of aromatic amines is 1. The number of hydrogen-bond acceptors (Lipinski definition) is 1. The van der Waals surface area contributed by atoms with Crippen LogP contribution in [0.25, 0.3) is 12.2 Å². The van der Waals surface area contributed by atoms with E-state index in [0.717, 1.165) is 11.4 Å². The summed E-state index contributed by atoms with van der Waals surface area (Å²) in [5, 5.41) is 0. The predicted molar refractivity (Wildman–Crippen MR) is 60.2 cm³/mol. The molecule has 1 rings (SSSR count). The third kappa shape index (κ3) is 1.58. The van der Waals surface area contributed by atoms with E-state index in [1.807, 2.05) is 20.8 Å². The van der Waals surface area contributed by atoms with Crippen molar-refractivity contribution in [3.63, 3.8) is 0 Å². The van der Waals surface area contributed by atoms with Crippen molar-refractivity contribution in [2.24, 2.45) is 0 Å². The van der Waals surface area contributed by atoms with Crippen molar-refractivity contribution in [1.82, 2.24) is 9.55 Å². The molecule has 0 aliphatic rings. The van der Waals surface area contributed by atoms with Gasteiger partial charge in [0.05, 0.1) is 11.4 Å². The second-order valence-corrected chi connectivity index (χ2v) is 4.14. The van der Waals surface area contributed by atoms with E-state index >= 15 is 0 Å². The average Bonchev–Trinajstić information content (AvgIpc) is 2.40. The maximum absolute atomic E-state index is 11.6.